The summed E-state index contributed by atoms with van der Waals surface area (Å²) in [5.41, 5.74) is -0.156. The zero-order valence-electron chi connectivity index (χ0n) is 11.5. The van der Waals surface area contributed by atoms with Crippen LogP contribution in [-0.4, -0.2) is 11.4 Å². The van der Waals surface area contributed by atoms with Gasteiger partial charge in [0.2, 0.25) is 5.91 Å². The molecule has 0 bridgehead atoms. The van der Waals surface area contributed by atoms with Crippen molar-refractivity contribution in [2.75, 3.05) is 0 Å². The number of carbonyl (C=O) groups is 1. The highest BCUT2D eigenvalue weighted by molar-refractivity contribution is 5.87. The molecular weight excluding hydrogens is 210 g/mol. The van der Waals surface area contributed by atoms with Crippen molar-refractivity contribution in [3.8, 4) is 0 Å². The molecule has 0 unspecified atom stereocenters. The van der Waals surface area contributed by atoms with Gasteiger partial charge in [0.25, 0.3) is 0 Å². The summed E-state index contributed by atoms with van der Waals surface area (Å²) >= 11 is 0. The Labute approximate surface area is 105 Å². The second-order valence-electron chi connectivity index (χ2n) is 5.03. The fourth-order valence-electron chi connectivity index (χ4n) is 1.24. The van der Waals surface area contributed by atoms with Crippen LogP contribution in [0.5, 0.6) is 0 Å². The zero-order valence-corrected chi connectivity index (χ0v) is 11.5. The molecule has 0 fully saturated rings. The lowest BCUT2D eigenvalue weighted by Crippen LogP contribution is -2.39. The van der Waals surface area contributed by atoms with Gasteiger partial charge in [-0.2, -0.15) is 0 Å². The summed E-state index contributed by atoms with van der Waals surface area (Å²) in [4.78, 5) is 11.4. The summed E-state index contributed by atoms with van der Waals surface area (Å²) < 4.78 is 0. The van der Waals surface area contributed by atoms with Crippen molar-refractivity contribution >= 4 is 5.91 Å². The number of rotatable bonds is 6. The van der Waals surface area contributed by atoms with Crippen LogP contribution >= 0.6 is 0 Å². The first-order chi connectivity index (χ1) is 7.95. The SMILES string of the molecule is CC=CC=CCCCC=CC(=O)NC(C)(C)C. The lowest BCUT2D eigenvalue weighted by Gasteiger charge is -2.18. The monoisotopic (exact) mass is 235 g/mol. The van der Waals surface area contributed by atoms with E-state index >= 15 is 0 Å². The number of hydrogen-bond acceptors (Lipinski definition) is 1. The van der Waals surface area contributed by atoms with Crippen molar-refractivity contribution in [3.05, 3.63) is 36.5 Å². The van der Waals surface area contributed by atoms with Crippen LogP contribution in [0.2, 0.25) is 0 Å². The molecule has 0 heterocycles. The number of allylic oxidation sites excluding steroid dienone is 5. The minimum Gasteiger partial charge on any atom is -0.348 e. The van der Waals surface area contributed by atoms with Gasteiger partial charge in [-0.25, -0.2) is 0 Å². The second-order valence-corrected chi connectivity index (χ2v) is 5.03. The van der Waals surface area contributed by atoms with E-state index in [9.17, 15) is 4.79 Å². The topological polar surface area (TPSA) is 29.1 Å². The van der Waals surface area contributed by atoms with Crippen LogP contribution < -0.4 is 5.32 Å². The lowest BCUT2D eigenvalue weighted by molar-refractivity contribution is -0.117. The predicted octanol–water partition coefficient (Wildman–Crippen LogP) is 3.76. The van der Waals surface area contributed by atoms with Crippen LogP contribution in [-0.2, 0) is 4.79 Å². The Kier molecular flexibility index (Phi) is 8.12. The Bertz CT molecular complexity index is 293. The van der Waals surface area contributed by atoms with E-state index in [0.717, 1.165) is 19.3 Å². The first kappa shape index (κ1) is 15.7. The van der Waals surface area contributed by atoms with Crippen molar-refractivity contribution in [1.82, 2.24) is 5.32 Å². The number of amides is 1. The number of carbonyl (C=O) groups excluding carboxylic acids is 1. The molecule has 0 aliphatic heterocycles. The number of nitrogens with one attached hydrogen (secondary N) is 1. The highest BCUT2D eigenvalue weighted by atomic mass is 16.1. The Morgan fingerprint density at radius 1 is 1.12 bits per heavy atom. The number of unbranched alkanes of at least 4 members (excludes halogenated alkanes) is 2. The van der Waals surface area contributed by atoms with E-state index in [-0.39, 0.29) is 11.4 Å². The van der Waals surface area contributed by atoms with Gasteiger partial charge in [-0.1, -0.05) is 30.4 Å². The molecular formula is C15H25NO. The Hall–Kier alpha value is -1.31. The maximum atomic E-state index is 11.4. The van der Waals surface area contributed by atoms with Gasteiger partial charge in [0.1, 0.15) is 0 Å². The lowest BCUT2D eigenvalue weighted by atomic mass is 10.1. The van der Waals surface area contributed by atoms with E-state index in [2.05, 4.69) is 17.5 Å². The summed E-state index contributed by atoms with van der Waals surface area (Å²) in [5.74, 6) is -0.0121. The Morgan fingerprint density at radius 3 is 2.35 bits per heavy atom. The normalized spacial score (nSPS) is 12.9. The molecule has 0 aromatic carbocycles. The second kappa shape index (κ2) is 8.80. The molecule has 0 radical (unpaired) electrons. The van der Waals surface area contributed by atoms with Crippen LogP contribution in [0.25, 0.3) is 0 Å². The summed E-state index contributed by atoms with van der Waals surface area (Å²) in [5, 5.41) is 2.89. The predicted molar refractivity (Wildman–Crippen MR) is 74.8 cm³/mol. The average Bonchev–Trinajstić information content (AvgIpc) is 2.19. The Balaban J connectivity index is 3.64. The Morgan fingerprint density at radius 2 is 1.76 bits per heavy atom. The number of hydrogen-bond donors (Lipinski definition) is 1. The van der Waals surface area contributed by atoms with Gasteiger partial charge in [0.05, 0.1) is 0 Å². The maximum Gasteiger partial charge on any atom is 0.244 e. The third-order valence-corrected chi connectivity index (χ3v) is 1.95. The van der Waals surface area contributed by atoms with Gasteiger partial charge < -0.3 is 5.32 Å². The van der Waals surface area contributed by atoms with E-state index < -0.39 is 0 Å². The van der Waals surface area contributed by atoms with Crippen LogP contribution in [0, 0.1) is 0 Å². The molecule has 0 aromatic heterocycles. The van der Waals surface area contributed by atoms with E-state index in [1.165, 1.54) is 0 Å². The van der Waals surface area contributed by atoms with Crippen molar-refractivity contribution < 1.29 is 4.79 Å². The van der Waals surface area contributed by atoms with Crippen molar-refractivity contribution in [1.29, 1.82) is 0 Å². The molecule has 2 nitrogen and oxygen atoms in total. The van der Waals surface area contributed by atoms with E-state index in [1.54, 1.807) is 6.08 Å². The molecule has 0 spiro atoms. The van der Waals surface area contributed by atoms with Crippen LogP contribution in [0.15, 0.2) is 36.5 Å². The third-order valence-electron chi connectivity index (χ3n) is 1.95. The molecule has 17 heavy (non-hydrogen) atoms. The van der Waals surface area contributed by atoms with E-state index in [4.69, 9.17) is 0 Å². The highest BCUT2D eigenvalue weighted by Gasteiger charge is 2.10. The van der Waals surface area contributed by atoms with Gasteiger partial charge in [-0.3, -0.25) is 4.79 Å². The summed E-state index contributed by atoms with van der Waals surface area (Å²) in [6, 6.07) is 0. The summed E-state index contributed by atoms with van der Waals surface area (Å²) in [6.45, 7) is 7.93. The van der Waals surface area contributed by atoms with Gasteiger partial charge in [-0.05, 0) is 53.0 Å². The molecule has 96 valence electrons. The zero-order chi connectivity index (χ0) is 13.1. The van der Waals surface area contributed by atoms with Crippen molar-refractivity contribution in [2.45, 2.75) is 52.5 Å². The summed E-state index contributed by atoms with van der Waals surface area (Å²) in [7, 11) is 0. The molecule has 0 aliphatic rings. The van der Waals surface area contributed by atoms with Gasteiger partial charge in [-0.15, -0.1) is 0 Å². The van der Waals surface area contributed by atoms with Gasteiger partial charge in [0.15, 0.2) is 0 Å². The first-order valence-corrected chi connectivity index (χ1v) is 6.22. The standard InChI is InChI=1S/C15H25NO/c1-5-6-7-8-9-10-11-12-13-14(17)16-15(2,3)4/h5-8,12-13H,9-11H2,1-4H3,(H,16,17). The third kappa shape index (κ3) is 12.6. The van der Waals surface area contributed by atoms with E-state index in [0.29, 0.717) is 0 Å². The van der Waals surface area contributed by atoms with Gasteiger partial charge in [0, 0.05) is 5.54 Å². The minimum atomic E-state index is -0.156. The van der Waals surface area contributed by atoms with Crippen LogP contribution in [0.4, 0.5) is 0 Å². The van der Waals surface area contributed by atoms with Crippen LogP contribution in [0.3, 0.4) is 0 Å². The van der Waals surface area contributed by atoms with E-state index in [1.807, 2.05) is 45.9 Å². The van der Waals surface area contributed by atoms with Crippen molar-refractivity contribution in [3.63, 3.8) is 0 Å². The smallest absolute Gasteiger partial charge is 0.244 e. The fourth-order valence-corrected chi connectivity index (χ4v) is 1.24. The maximum absolute atomic E-state index is 11.4. The first-order valence-electron chi connectivity index (χ1n) is 6.22. The molecule has 0 aliphatic carbocycles. The van der Waals surface area contributed by atoms with Gasteiger partial charge >= 0.3 is 0 Å². The molecule has 0 atom stereocenters. The summed E-state index contributed by atoms with van der Waals surface area (Å²) in [6.07, 6.45) is 14.9. The fraction of sp³-hybridized carbons (Fsp3) is 0.533. The van der Waals surface area contributed by atoms with Crippen LogP contribution in [0.1, 0.15) is 47.0 Å². The molecule has 0 aromatic rings. The molecule has 0 rings (SSSR count). The molecule has 1 N–H and O–H groups in total. The minimum absolute atomic E-state index is 0.0121. The largest absolute Gasteiger partial charge is 0.348 e. The molecule has 0 saturated carbocycles. The highest BCUT2D eigenvalue weighted by Crippen LogP contribution is 2.00. The molecule has 2 heteroatoms. The average molecular weight is 235 g/mol. The molecule has 0 saturated heterocycles. The molecule has 1 amide bonds. The van der Waals surface area contributed by atoms with Crippen molar-refractivity contribution in [2.24, 2.45) is 0 Å². The quantitative estimate of drug-likeness (QED) is 0.424.